The molecule has 3 aliphatic carbocycles. The van der Waals surface area contributed by atoms with Gasteiger partial charge in [-0.05, 0) is 68.5 Å². The number of Topliss-reactive ketones (excluding diaryl/α,β-unsaturated/α-hetero) is 1. The van der Waals surface area contributed by atoms with E-state index in [0.717, 1.165) is 37.9 Å². The normalized spacial score (nSPS) is 48.8. The molecule has 3 nitrogen and oxygen atoms in total. The van der Waals surface area contributed by atoms with Crippen molar-refractivity contribution >= 4 is 17.5 Å². The van der Waals surface area contributed by atoms with Crippen molar-refractivity contribution in [1.82, 2.24) is 0 Å². The maximum atomic E-state index is 13.9. The number of thioether (sulfide) groups is 1. The van der Waals surface area contributed by atoms with Crippen LogP contribution in [0.15, 0.2) is 0 Å². The first-order valence-electron chi connectivity index (χ1n) is 11.6. The standard InChI is InChI=1S/C24H42O3S/c1-7-8-9-14-28-22(4)15-19(25)23(5)16(2)10-12-24(17(3)21(22)26)13-11-18(27-6)20(23)24/h16-20,25H,7-15H2,1-6H3/t16-,17+,18-,19-,20?,22-,23+,24?/m1/s1. The Hall–Kier alpha value is -0.0600. The van der Waals surface area contributed by atoms with E-state index in [1.807, 2.05) is 18.9 Å². The second kappa shape index (κ2) is 8.23. The van der Waals surface area contributed by atoms with Crippen molar-refractivity contribution in [3.8, 4) is 0 Å². The van der Waals surface area contributed by atoms with Crippen LogP contribution in [0.25, 0.3) is 0 Å². The average molecular weight is 411 g/mol. The van der Waals surface area contributed by atoms with Crippen LogP contribution in [0.1, 0.15) is 86.0 Å². The number of aliphatic hydroxyl groups is 1. The molecule has 0 saturated heterocycles. The van der Waals surface area contributed by atoms with Crippen LogP contribution in [0.2, 0.25) is 0 Å². The van der Waals surface area contributed by atoms with Crippen molar-refractivity contribution in [1.29, 1.82) is 0 Å². The second-order valence-electron chi connectivity index (χ2n) is 10.4. The van der Waals surface area contributed by atoms with Crippen molar-refractivity contribution in [2.45, 2.75) is 103 Å². The van der Waals surface area contributed by atoms with Gasteiger partial charge in [-0.15, -0.1) is 11.8 Å². The van der Waals surface area contributed by atoms with Gasteiger partial charge < -0.3 is 9.84 Å². The Morgan fingerprint density at radius 1 is 1.18 bits per heavy atom. The summed E-state index contributed by atoms with van der Waals surface area (Å²) in [6.45, 7) is 11.2. The number of ether oxygens (including phenoxy) is 1. The van der Waals surface area contributed by atoms with Crippen LogP contribution in [0.5, 0.6) is 0 Å². The van der Waals surface area contributed by atoms with E-state index >= 15 is 0 Å². The van der Waals surface area contributed by atoms with Crippen LogP contribution in [-0.4, -0.2) is 40.7 Å². The zero-order valence-corrected chi connectivity index (χ0v) is 19.7. The molecule has 2 unspecified atom stereocenters. The molecule has 0 amide bonds. The summed E-state index contributed by atoms with van der Waals surface area (Å²) < 4.78 is 5.49. The third-order valence-electron chi connectivity index (χ3n) is 9.21. The first-order valence-corrected chi connectivity index (χ1v) is 12.5. The van der Waals surface area contributed by atoms with Crippen LogP contribution in [0.4, 0.5) is 0 Å². The van der Waals surface area contributed by atoms with Gasteiger partial charge in [0.1, 0.15) is 0 Å². The highest BCUT2D eigenvalue weighted by atomic mass is 32.2. The Balaban J connectivity index is 2.01. The van der Waals surface area contributed by atoms with Crippen LogP contribution in [-0.2, 0) is 9.53 Å². The molecular formula is C24H42O3S. The highest BCUT2D eigenvalue weighted by Crippen LogP contribution is 2.68. The van der Waals surface area contributed by atoms with Gasteiger partial charge in [0.15, 0.2) is 5.78 Å². The third kappa shape index (κ3) is 3.30. The fourth-order valence-electron chi connectivity index (χ4n) is 7.19. The Kier molecular flexibility index (Phi) is 6.65. The number of ketones is 1. The fourth-order valence-corrected chi connectivity index (χ4v) is 8.58. The first-order chi connectivity index (χ1) is 13.2. The molecular weight excluding hydrogens is 368 g/mol. The van der Waals surface area contributed by atoms with Crippen LogP contribution in [0.3, 0.4) is 0 Å². The number of rotatable bonds is 6. The van der Waals surface area contributed by atoms with Gasteiger partial charge in [0.2, 0.25) is 0 Å². The second-order valence-corrected chi connectivity index (χ2v) is 12.0. The highest BCUT2D eigenvalue weighted by Gasteiger charge is 2.67. The van der Waals surface area contributed by atoms with Crippen LogP contribution >= 0.6 is 11.8 Å². The largest absolute Gasteiger partial charge is 0.392 e. The Labute approximate surface area is 176 Å². The van der Waals surface area contributed by atoms with Gasteiger partial charge >= 0.3 is 0 Å². The van der Waals surface area contributed by atoms with E-state index in [-0.39, 0.29) is 28.8 Å². The number of hydrogen-bond acceptors (Lipinski definition) is 4. The number of unbranched alkanes of at least 4 members (excludes halogenated alkanes) is 2. The maximum Gasteiger partial charge on any atom is 0.152 e. The lowest BCUT2D eigenvalue weighted by Crippen LogP contribution is -2.63. The molecule has 3 rings (SSSR count). The number of carbonyl (C=O) groups excluding carboxylic acids is 1. The van der Waals surface area contributed by atoms with E-state index < -0.39 is 10.9 Å². The first kappa shape index (κ1) is 22.6. The number of hydrogen-bond donors (Lipinski definition) is 1. The minimum Gasteiger partial charge on any atom is -0.392 e. The van der Waals surface area contributed by atoms with Gasteiger partial charge in [0.25, 0.3) is 0 Å². The maximum absolute atomic E-state index is 13.9. The van der Waals surface area contributed by atoms with Crippen molar-refractivity contribution < 1.29 is 14.6 Å². The van der Waals surface area contributed by atoms with Gasteiger partial charge in [0.05, 0.1) is 17.0 Å². The summed E-state index contributed by atoms with van der Waals surface area (Å²) in [5.41, 5.74) is -0.193. The number of carbonyl (C=O) groups is 1. The summed E-state index contributed by atoms with van der Waals surface area (Å²) in [5.74, 6) is 2.16. The third-order valence-corrected chi connectivity index (χ3v) is 10.7. The lowest BCUT2D eigenvalue weighted by Gasteiger charge is -2.61. The molecule has 0 aliphatic heterocycles. The minimum atomic E-state index is -0.478. The van der Waals surface area contributed by atoms with Gasteiger partial charge in [0, 0.05) is 18.4 Å². The molecule has 3 aliphatic rings. The fraction of sp³-hybridized carbons (Fsp3) is 0.958. The van der Waals surface area contributed by atoms with Crippen LogP contribution < -0.4 is 0 Å². The average Bonchev–Trinajstić information content (AvgIpc) is 3.07. The molecule has 0 spiro atoms. The summed E-state index contributed by atoms with van der Waals surface area (Å²) >= 11 is 1.81. The van der Waals surface area contributed by atoms with Crippen molar-refractivity contribution in [3.05, 3.63) is 0 Å². The summed E-state index contributed by atoms with van der Waals surface area (Å²) in [5, 5.41) is 11.6. The summed E-state index contributed by atoms with van der Waals surface area (Å²) in [7, 11) is 1.82. The molecule has 1 N–H and O–H groups in total. The minimum absolute atomic E-state index is 0.00828. The Bertz CT molecular complexity index is 580. The molecule has 0 aromatic heterocycles. The summed E-state index contributed by atoms with van der Waals surface area (Å²) in [6, 6.07) is 0. The van der Waals surface area contributed by atoms with E-state index in [2.05, 4.69) is 34.6 Å². The Morgan fingerprint density at radius 2 is 1.86 bits per heavy atom. The van der Waals surface area contributed by atoms with E-state index in [0.29, 0.717) is 18.1 Å². The molecule has 2 bridgehead atoms. The van der Waals surface area contributed by atoms with Crippen molar-refractivity contribution in [2.75, 3.05) is 12.9 Å². The molecule has 28 heavy (non-hydrogen) atoms. The van der Waals surface area contributed by atoms with E-state index in [4.69, 9.17) is 4.74 Å². The SMILES string of the molecule is CCCCCS[C@]1(C)C[C@@H](O)[C@@]2(C)C3[C@H](OC)CCC3(CC[C@H]2C)[C@@H](C)C1=O. The van der Waals surface area contributed by atoms with Crippen molar-refractivity contribution in [3.63, 3.8) is 0 Å². The number of aliphatic hydroxyl groups excluding tert-OH is 1. The lowest BCUT2D eigenvalue weighted by molar-refractivity contribution is -0.182. The topological polar surface area (TPSA) is 46.5 Å². The highest BCUT2D eigenvalue weighted by molar-refractivity contribution is 8.01. The molecule has 0 heterocycles. The zero-order valence-electron chi connectivity index (χ0n) is 18.9. The molecule has 3 fully saturated rings. The molecule has 3 saturated carbocycles. The molecule has 4 heteroatoms. The van der Waals surface area contributed by atoms with Gasteiger partial charge in [-0.3, -0.25) is 4.79 Å². The molecule has 0 radical (unpaired) electrons. The molecule has 0 aromatic carbocycles. The molecule has 0 aromatic rings. The zero-order chi connectivity index (χ0) is 20.7. The van der Waals surface area contributed by atoms with Gasteiger partial charge in [-0.2, -0.15) is 0 Å². The van der Waals surface area contributed by atoms with Gasteiger partial charge in [-0.25, -0.2) is 0 Å². The summed E-state index contributed by atoms with van der Waals surface area (Å²) in [4.78, 5) is 13.9. The number of methoxy groups -OCH3 is 1. The van der Waals surface area contributed by atoms with Gasteiger partial charge in [-0.1, -0.05) is 40.5 Å². The van der Waals surface area contributed by atoms with Crippen molar-refractivity contribution in [2.24, 2.45) is 28.6 Å². The summed E-state index contributed by atoms with van der Waals surface area (Å²) in [6.07, 6.45) is 8.15. The molecule has 8 atom stereocenters. The smallest absolute Gasteiger partial charge is 0.152 e. The Morgan fingerprint density at radius 3 is 2.50 bits per heavy atom. The van der Waals surface area contributed by atoms with E-state index in [1.165, 1.54) is 12.8 Å². The predicted molar refractivity (Wildman–Crippen MR) is 118 cm³/mol. The lowest BCUT2D eigenvalue weighted by atomic mass is 9.45. The van der Waals surface area contributed by atoms with E-state index in [9.17, 15) is 9.90 Å². The predicted octanol–water partition coefficient (Wildman–Crippen LogP) is 5.49. The quantitative estimate of drug-likeness (QED) is 0.589. The monoisotopic (exact) mass is 410 g/mol. The van der Waals surface area contributed by atoms with E-state index in [1.54, 1.807) is 0 Å². The van der Waals surface area contributed by atoms with Crippen LogP contribution in [0, 0.1) is 28.6 Å². The molecule has 162 valence electrons.